The van der Waals surface area contributed by atoms with Gasteiger partial charge in [-0.15, -0.1) is 0 Å². The minimum atomic E-state index is -1.06. The van der Waals surface area contributed by atoms with Gasteiger partial charge in [0.25, 0.3) is 5.91 Å². The first-order chi connectivity index (χ1) is 7.40. The smallest absolute Gasteiger partial charge is 0.267 e. The lowest BCUT2D eigenvalue weighted by atomic mass is 10.4. The summed E-state index contributed by atoms with van der Waals surface area (Å²) >= 11 is 0. The van der Waals surface area contributed by atoms with Gasteiger partial charge in [0.15, 0.2) is 0 Å². The number of imidazole rings is 1. The van der Waals surface area contributed by atoms with Crippen molar-refractivity contribution in [3.8, 4) is 0 Å². The van der Waals surface area contributed by atoms with Crippen molar-refractivity contribution in [3.05, 3.63) is 18.2 Å². The number of nitrogens with two attached hydrogens (primary N) is 1. The van der Waals surface area contributed by atoms with Crippen molar-refractivity contribution in [3.63, 3.8) is 0 Å². The molecule has 0 spiro atoms. The number of rotatable bonds is 6. The highest BCUT2D eigenvalue weighted by Crippen LogP contribution is 2.08. The predicted octanol–water partition coefficient (Wildman–Crippen LogP) is 1.29. The van der Waals surface area contributed by atoms with Crippen LogP contribution in [0.5, 0.6) is 0 Å². The molecule has 90 valence electrons. The Morgan fingerprint density at radius 2 is 2.25 bits per heavy atom. The zero-order valence-corrected chi connectivity index (χ0v) is 11.1. The molecule has 1 heterocycles. The number of hydrogen-bond acceptors (Lipinski definition) is 3. The summed E-state index contributed by atoms with van der Waals surface area (Å²) < 4.78 is 7.11. The fourth-order valence-electron chi connectivity index (χ4n) is 1.17. The van der Waals surface area contributed by atoms with Gasteiger partial charge < -0.3 is 15.0 Å². The molecule has 0 saturated heterocycles. The molecule has 0 aliphatic rings. The summed E-state index contributed by atoms with van der Waals surface area (Å²) in [5.74, 6) is -0.480. The summed E-state index contributed by atoms with van der Waals surface area (Å²) in [5.41, 5.74) is 5.57. The predicted molar refractivity (Wildman–Crippen MR) is 64.8 cm³/mol. The highest BCUT2D eigenvalue weighted by molar-refractivity contribution is 6.76. The van der Waals surface area contributed by atoms with Gasteiger partial charge in [-0.2, -0.15) is 0 Å². The van der Waals surface area contributed by atoms with Crippen molar-refractivity contribution in [1.29, 1.82) is 0 Å². The third-order valence-corrected chi connectivity index (χ3v) is 3.90. The average molecular weight is 241 g/mol. The normalized spacial score (nSPS) is 11.7. The first-order valence-corrected chi connectivity index (χ1v) is 8.98. The van der Waals surface area contributed by atoms with Gasteiger partial charge in [-0.05, 0) is 6.04 Å². The zero-order chi connectivity index (χ0) is 12.2. The van der Waals surface area contributed by atoms with Crippen molar-refractivity contribution in [1.82, 2.24) is 9.55 Å². The highest BCUT2D eigenvalue weighted by atomic mass is 28.3. The number of amides is 1. The van der Waals surface area contributed by atoms with E-state index in [-0.39, 0.29) is 0 Å². The number of hydrogen-bond donors (Lipinski definition) is 1. The van der Waals surface area contributed by atoms with Crippen LogP contribution in [0.1, 0.15) is 10.5 Å². The SMILES string of the molecule is C[Si](C)(C)CCOCn1cncc1C(N)=O. The summed E-state index contributed by atoms with van der Waals surface area (Å²) in [4.78, 5) is 14.8. The molecular formula is C10H19N3O2Si. The van der Waals surface area contributed by atoms with E-state index in [9.17, 15) is 4.79 Å². The van der Waals surface area contributed by atoms with Crippen molar-refractivity contribution >= 4 is 14.0 Å². The molecule has 1 aromatic rings. The highest BCUT2D eigenvalue weighted by Gasteiger charge is 2.12. The molecule has 0 aliphatic carbocycles. The zero-order valence-electron chi connectivity index (χ0n) is 10.1. The van der Waals surface area contributed by atoms with Gasteiger partial charge in [-0.25, -0.2) is 4.98 Å². The third kappa shape index (κ3) is 4.16. The summed E-state index contributed by atoms with van der Waals surface area (Å²) in [6.07, 6.45) is 3.00. The van der Waals surface area contributed by atoms with E-state index in [1.165, 1.54) is 6.20 Å². The van der Waals surface area contributed by atoms with Gasteiger partial charge in [-0.3, -0.25) is 4.79 Å². The molecule has 1 rings (SSSR count). The van der Waals surface area contributed by atoms with E-state index < -0.39 is 14.0 Å². The fraction of sp³-hybridized carbons (Fsp3) is 0.600. The number of carbonyl (C=O) groups excluding carboxylic acids is 1. The summed E-state index contributed by atoms with van der Waals surface area (Å²) in [7, 11) is -1.06. The van der Waals surface area contributed by atoms with Gasteiger partial charge in [0.2, 0.25) is 0 Å². The lowest BCUT2D eigenvalue weighted by molar-refractivity contribution is 0.0807. The Balaban J connectivity index is 2.38. The van der Waals surface area contributed by atoms with E-state index in [1.807, 2.05) is 0 Å². The standard InChI is InChI=1S/C10H19N3O2Si/c1-16(2,3)5-4-15-8-13-7-12-6-9(13)10(11)14/h6-7H,4-5,8H2,1-3H3,(H2,11,14). The van der Waals surface area contributed by atoms with Crippen LogP contribution in [0.25, 0.3) is 0 Å². The molecule has 6 heteroatoms. The van der Waals surface area contributed by atoms with Crippen molar-refractivity contribution in [2.45, 2.75) is 32.4 Å². The van der Waals surface area contributed by atoms with Crippen LogP contribution in [0, 0.1) is 0 Å². The van der Waals surface area contributed by atoms with E-state index in [0.717, 1.165) is 6.04 Å². The molecule has 0 aromatic carbocycles. The second-order valence-corrected chi connectivity index (χ2v) is 10.6. The Bertz CT molecular complexity index is 357. The molecule has 0 aliphatic heterocycles. The molecule has 1 amide bonds. The van der Waals surface area contributed by atoms with E-state index in [4.69, 9.17) is 10.5 Å². The van der Waals surface area contributed by atoms with Crippen LogP contribution >= 0.6 is 0 Å². The Morgan fingerprint density at radius 1 is 1.56 bits per heavy atom. The van der Waals surface area contributed by atoms with Gasteiger partial charge in [0.05, 0.1) is 12.5 Å². The van der Waals surface area contributed by atoms with E-state index in [2.05, 4.69) is 24.6 Å². The van der Waals surface area contributed by atoms with Gasteiger partial charge >= 0.3 is 0 Å². The van der Waals surface area contributed by atoms with Crippen molar-refractivity contribution in [2.75, 3.05) is 6.61 Å². The molecule has 1 aromatic heterocycles. The van der Waals surface area contributed by atoms with Crippen LogP contribution < -0.4 is 5.73 Å². The topological polar surface area (TPSA) is 70.1 Å². The van der Waals surface area contributed by atoms with Crippen LogP contribution in [0.3, 0.4) is 0 Å². The van der Waals surface area contributed by atoms with E-state index in [0.29, 0.717) is 19.0 Å². The number of nitrogens with zero attached hydrogens (tertiary/aromatic N) is 2. The number of ether oxygens (including phenoxy) is 1. The Kier molecular flexibility index (Phi) is 4.25. The molecule has 5 nitrogen and oxygen atoms in total. The first kappa shape index (κ1) is 12.9. The second kappa shape index (κ2) is 5.27. The molecule has 0 fully saturated rings. The van der Waals surface area contributed by atoms with Gasteiger partial charge in [0.1, 0.15) is 12.4 Å². The maximum absolute atomic E-state index is 11.0. The maximum atomic E-state index is 11.0. The maximum Gasteiger partial charge on any atom is 0.267 e. The van der Waals surface area contributed by atoms with Crippen LogP contribution in [-0.2, 0) is 11.5 Å². The molecule has 2 N–H and O–H groups in total. The van der Waals surface area contributed by atoms with Crippen LogP contribution in [0.2, 0.25) is 25.7 Å². The van der Waals surface area contributed by atoms with Crippen LogP contribution in [0.15, 0.2) is 12.5 Å². The Hall–Kier alpha value is -1.14. The average Bonchev–Trinajstić information content (AvgIpc) is 2.58. The lowest BCUT2D eigenvalue weighted by Crippen LogP contribution is -2.22. The fourth-order valence-corrected chi connectivity index (χ4v) is 1.93. The number of primary amides is 1. The van der Waals surface area contributed by atoms with Crippen LogP contribution in [-0.4, -0.2) is 30.1 Å². The molecule has 0 bridgehead atoms. The summed E-state index contributed by atoms with van der Waals surface area (Å²) in [6.45, 7) is 7.93. The molecule has 0 saturated carbocycles. The van der Waals surface area contributed by atoms with E-state index in [1.54, 1.807) is 10.9 Å². The summed E-state index contributed by atoms with van der Waals surface area (Å²) in [6, 6.07) is 1.10. The monoisotopic (exact) mass is 241 g/mol. The van der Waals surface area contributed by atoms with Gasteiger partial charge in [0, 0.05) is 14.7 Å². The number of aromatic nitrogens is 2. The van der Waals surface area contributed by atoms with Crippen molar-refractivity contribution < 1.29 is 9.53 Å². The lowest BCUT2D eigenvalue weighted by Gasteiger charge is -2.15. The Morgan fingerprint density at radius 3 is 2.81 bits per heavy atom. The largest absolute Gasteiger partial charge is 0.364 e. The van der Waals surface area contributed by atoms with E-state index >= 15 is 0 Å². The molecule has 16 heavy (non-hydrogen) atoms. The quantitative estimate of drug-likeness (QED) is 0.602. The first-order valence-electron chi connectivity index (χ1n) is 5.28. The van der Waals surface area contributed by atoms with Crippen LogP contribution in [0.4, 0.5) is 0 Å². The summed E-state index contributed by atoms with van der Waals surface area (Å²) in [5, 5.41) is 0. The second-order valence-electron chi connectivity index (χ2n) is 4.96. The molecular weight excluding hydrogens is 222 g/mol. The minimum Gasteiger partial charge on any atom is -0.364 e. The number of carbonyl (C=O) groups is 1. The van der Waals surface area contributed by atoms with Gasteiger partial charge in [-0.1, -0.05) is 19.6 Å². The Labute approximate surface area is 96.6 Å². The molecule has 0 radical (unpaired) electrons. The molecule has 0 atom stereocenters. The van der Waals surface area contributed by atoms with Crippen molar-refractivity contribution in [2.24, 2.45) is 5.73 Å². The third-order valence-electron chi connectivity index (χ3n) is 2.19. The minimum absolute atomic E-state index is 0.336. The molecule has 0 unspecified atom stereocenters.